The van der Waals surface area contributed by atoms with E-state index in [-0.39, 0.29) is 12.2 Å². The van der Waals surface area contributed by atoms with Crippen LogP contribution in [0, 0.1) is 0 Å². The lowest BCUT2D eigenvalue weighted by Crippen LogP contribution is -2.01. The van der Waals surface area contributed by atoms with Crippen LogP contribution in [0.4, 0.5) is 9.59 Å². The van der Waals surface area contributed by atoms with Gasteiger partial charge in [0.05, 0.1) is 0 Å². The van der Waals surface area contributed by atoms with Crippen LogP contribution in [0.1, 0.15) is 13.8 Å². The summed E-state index contributed by atoms with van der Waals surface area (Å²) in [5.74, 6) is 0. The molecule has 0 radical (unpaired) electrons. The summed E-state index contributed by atoms with van der Waals surface area (Å²) in [6, 6.07) is 0. The number of carbonyl (C=O) groups is 2. The number of rotatable bonds is 0. The fraction of sp³-hybridized carbons (Fsp3) is 0.750. The van der Waals surface area contributed by atoms with Crippen LogP contribution in [0.2, 0.25) is 0 Å². The van der Waals surface area contributed by atoms with Crippen LogP contribution >= 0.6 is 0 Å². The van der Waals surface area contributed by atoms with E-state index in [0.29, 0.717) is 13.2 Å². The van der Waals surface area contributed by atoms with Crippen LogP contribution in [-0.2, 0) is 18.9 Å². The first-order valence-electron chi connectivity index (χ1n) is 4.24. The molecule has 80 valence electrons. The molecule has 2 aliphatic heterocycles. The van der Waals surface area contributed by atoms with Gasteiger partial charge in [-0.05, 0) is 13.8 Å². The van der Waals surface area contributed by atoms with E-state index in [1.54, 1.807) is 13.8 Å². The van der Waals surface area contributed by atoms with Crippen molar-refractivity contribution in [2.75, 3.05) is 13.2 Å². The maximum Gasteiger partial charge on any atom is 0.508 e. The highest BCUT2D eigenvalue weighted by atomic mass is 16.8. The quantitative estimate of drug-likeness (QED) is 0.550. The van der Waals surface area contributed by atoms with Gasteiger partial charge in [-0.25, -0.2) is 9.59 Å². The molecule has 6 nitrogen and oxygen atoms in total. The summed E-state index contributed by atoms with van der Waals surface area (Å²) in [7, 11) is 0. The van der Waals surface area contributed by atoms with Crippen molar-refractivity contribution in [1.29, 1.82) is 0 Å². The van der Waals surface area contributed by atoms with E-state index in [1.165, 1.54) is 0 Å². The van der Waals surface area contributed by atoms with Gasteiger partial charge in [-0.1, -0.05) is 0 Å². The van der Waals surface area contributed by atoms with Crippen LogP contribution < -0.4 is 0 Å². The van der Waals surface area contributed by atoms with Crippen LogP contribution in [0.5, 0.6) is 0 Å². The third-order valence-electron chi connectivity index (χ3n) is 1.47. The Bertz CT molecular complexity index is 202. The fourth-order valence-electron chi connectivity index (χ4n) is 0.835. The van der Waals surface area contributed by atoms with Crippen molar-refractivity contribution in [2.45, 2.75) is 26.1 Å². The number of cyclic esters (lactones) is 4. The Balaban J connectivity index is 0.000000140. The first-order chi connectivity index (χ1) is 6.58. The van der Waals surface area contributed by atoms with E-state index in [0.717, 1.165) is 0 Å². The largest absolute Gasteiger partial charge is 0.508 e. The topological polar surface area (TPSA) is 71.1 Å². The number of hydrogen-bond acceptors (Lipinski definition) is 6. The van der Waals surface area contributed by atoms with Gasteiger partial charge >= 0.3 is 12.3 Å². The van der Waals surface area contributed by atoms with Gasteiger partial charge in [-0.3, -0.25) is 0 Å². The molecule has 2 heterocycles. The SMILES string of the molecule is CC1COC(=O)O1.CC1COC(=O)O1. The molecule has 2 unspecified atom stereocenters. The molecule has 14 heavy (non-hydrogen) atoms. The van der Waals surface area contributed by atoms with E-state index >= 15 is 0 Å². The molecule has 2 saturated heterocycles. The normalized spacial score (nSPS) is 29.3. The molecular formula is C8H12O6. The maximum atomic E-state index is 10.0. The van der Waals surface area contributed by atoms with Gasteiger partial charge in [-0.2, -0.15) is 0 Å². The minimum atomic E-state index is -0.549. The maximum absolute atomic E-state index is 10.0. The van der Waals surface area contributed by atoms with Crippen LogP contribution in [-0.4, -0.2) is 37.7 Å². The Hall–Kier alpha value is -1.46. The van der Waals surface area contributed by atoms with Crippen molar-refractivity contribution in [2.24, 2.45) is 0 Å². The summed E-state index contributed by atoms with van der Waals surface area (Å²) in [6.45, 7) is 4.37. The summed E-state index contributed by atoms with van der Waals surface area (Å²) in [4.78, 5) is 20.0. The number of ether oxygens (including phenoxy) is 4. The lowest BCUT2D eigenvalue weighted by molar-refractivity contribution is 0.120. The van der Waals surface area contributed by atoms with Gasteiger partial charge in [0.1, 0.15) is 25.4 Å². The van der Waals surface area contributed by atoms with E-state index in [2.05, 4.69) is 18.9 Å². The van der Waals surface area contributed by atoms with Crippen LogP contribution in [0.3, 0.4) is 0 Å². The number of hydrogen-bond donors (Lipinski definition) is 0. The molecule has 0 aliphatic carbocycles. The van der Waals surface area contributed by atoms with Crippen molar-refractivity contribution >= 4 is 12.3 Å². The van der Waals surface area contributed by atoms with Crippen molar-refractivity contribution in [1.82, 2.24) is 0 Å². The minimum Gasteiger partial charge on any atom is -0.430 e. The molecule has 2 fully saturated rings. The Morgan fingerprint density at radius 1 is 0.929 bits per heavy atom. The molecule has 0 spiro atoms. The van der Waals surface area contributed by atoms with Crippen LogP contribution in [0.15, 0.2) is 0 Å². The van der Waals surface area contributed by atoms with E-state index in [4.69, 9.17) is 0 Å². The molecule has 0 saturated carbocycles. The smallest absolute Gasteiger partial charge is 0.430 e. The fourth-order valence-corrected chi connectivity index (χ4v) is 0.835. The summed E-state index contributed by atoms with van der Waals surface area (Å²) in [5, 5.41) is 0. The summed E-state index contributed by atoms with van der Waals surface area (Å²) >= 11 is 0. The third kappa shape index (κ3) is 3.51. The molecule has 0 amide bonds. The van der Waals surface area contributed by atoms with E-state index in [1.807, 2.05) is 0 Å². The average Bonchev–Trinajstić information content (AvgIpc) is 2.63. The first kappa shape index (κ1) is 10.6. The Morgan fingerprint density at radius 2 is 1.29 bits per heavy atom. The standard InChI is InChI=1S/2C4H6O3/c2*1-3-2-6-4(5)7-3/h2*3H,2H2,1H3. The zero-order valence-corrected chi connectivity index (χ0v) is 8.02. The molecule has 0 aromatic rings. The third-order valence-corrected chi connectivity index (χ3v) is 1.47. The van der Waals surface area contributed by atoms with Crippen LogP contribution in [0.25, 0.3) is 0 Å². The second-order valence-electron chi connectivity index (χ2n) is 2.98. The van der Waals surface area contributed by atoms with Crippen molar-refractivity contribution in [3.63, 3.8) is 0 Å². The highest BCUT2D eigenvalue weighted by Crippen LogP contribution is 2.03. The Labute approximate surface area is 81.1 Å². The lowest BCUT2D eigenvalue weighted by Gasteiger charge is -1.90. The van der Waals surface area contributed by atoms with E-state index < -0.39 is 12.3 Å². The lowest BCUT2D eigenvalue weighted by atomic mass is 10.5. The Kier molecular flexibility index (Phi) is 3.55. The number of carbonyl (C=O) groups excluding carboxylic acids is 2. The second kappa shape index (κ2) is 4.69. The molecule has 2 aliphatic rings. The highest BCUT2D eigenvalue weighted by Gasteiger charge is 2.19. The van der Waals surface area contributed by atoms with Gasteiger partial charge in [0.25, 0.3) is 0 Å². The summed E-state index contributed by atoms with van der Waals surface area (Å²) in [6.07, 6.45) is -1.19. The molecule has 2 atom stereocenters. The second-order valence-corrected chi connectivity index (χ2v) is 2.98. The van der Waals surface area contributed by atoms with Crippen molar-refractivity contribution in [3.05, 3.63) is 0 Å². The zero-order chi connectivity index (χ0) is 10.6. The van der Waals surface area contributed by atoms with Gasteiger partial charge < -0.3 is 18.9 Å². The summed E-state index contributed by atoms with van der Waals surface area (Å²) in [5.41, 5.74) is 0. The molecule has 0 aromatic carbocycles. The predicted octanol–water partition coefficient (Wildman–Crippen LogP) is 1.08. The predicted molar refractivity (Wildman–Crippen MR) is 43.8 cm³/mol. The molecule has 0 bridgehead atoms. The minimum absolute atomic E-state index is 0.0486. The summed E-state index contributed by atoms with van der Waals surface area (Å²) < 4.78 is 17.8. The van der Waals surface area contributed by atoms with E-state index in [9.17, 15) is 9.59 Å². The molecule has 2 rings (SSSR count). The van der Waals surface area contributed by atoms with Gasteiger partial charge in [0, 0.05) is 0 Å². The monoisotopic (exact) mass is 204 g/mol. The molecule has 0 N–H and O–H groups in total. The molecule has 0 aromatic heterocycles. The Morgan fingerprint density at radius 3 is 1.36 bits per heavy atom. The molecular weight excluding hydrogens is 192 g/mol. The van der Waals surface area contributed by atoms with Gasteiger partial charge in [-0.15, -0.1) is 0 Å². The zero-order valence-electron chi connectivity index (χ0n) is 8.02. The highest BCUT2D eigenvalue weighted by molar-refractivity contribution is 5.62. The average molecular weight is 204 g/mol. The van der Waals surface area contributed by atoms with Gasteiger partial charge in [0.15, 0.2) is 0 Å². The first-order valence-corrected chi connectivity index (χ1v) is 4.24. The van der Waals surface area contributed by atoms with Crippen molar-refractivity contribution < 1.29 is 28.5 Å². The molecule has 6 heteroatoms. The van der Waals surface area contributed by atoms with Crippen molar-refractivity contribution in [3.8, 4) is 0 Å². The van der Waals surface area contributed by atoms with Gasteiger partial charge in [0.2, 0.25) is 0 Å².